The number of carbonyl (C=O) groups excluding carboxylic acids is 1. The number of nitrogens with zero attached hydrogens (tertiary/aromatic N) is 2. The zero-order valence-corrected chi connectivity index (χ0v) is 15.6. The molecule has 132 valence electrons. The van der Waals surface area contributed by atoms with Gasteiger partial charge in [0, 0.05) is 42.6 Å². The van der Waals surface area contributed by atoms with Crippen molar-refractivity contribution in [2.75, 3.05) is 11.4 Å². The van der Waals surface area contributed by atoms with Gasteiger partial charge in [-0.3, -0.25) is 9.78 Å². The Morgan fingerprint density at radius 1 is 1.40 bits per heavy atom. The molecule has 0 radical (unpaired) electrons. The van der Waals surface area contributed by atoms with Crippen molar-refractivity contribution < 1.29 is 13.2 Å². The first-order valence-electron chi connectivity index (χ1n) is 7.84. The zero-order valence-electron chi connectivity index (χ0n) is 14.0. The fraction of sp³-hybridized carbons (Fsp3) is 0.294. The van der Waals surface area contributed by atoms with Crippen molar-refractivity contribution in [3.8, 4) is 0 Å². The summed E-state index contributed by atoms with van der Waals surface area (Å²) in [6, 6.07) is 8.47. The van der Waals surface area contributed by atoms with Crippen molar-refractivity contribution in [3.05, 3.63) is 48.3 Å². The molecule has 0 spiro atoms. The van der Waals surface area contributed by atoms with Crippen LogP contribution in [0.5, 0.6) is 0 Å². The topological polar surface area (TPSA) is 79.4 Å². The molecule has 0 saturated heterocycles. The molecule has 1 atom stereocenters. The molecule has 2 aromatic rings. The van der Waals surface area contributed by atoms with Gasteiger partial charge < -0.3 is 4.90 Å². The molecule has 1 aromatic carbocycles. The first kappa shape index (κ1) is 17.9. The van der Waals surface area contributed by atoms with Crippen molar-refractivity contribution in [2.45, 2.75) is 35.4 Å². The minimum atomic E-state index is -3.68. The highest BCUT2D eigenvalue weighted by molar-refractivity contribution is 8.00. The summed E-state index contributed by atoms with van der Waals surface area (Å²) in [5.74, 6) is -0.0914. The summed E-state index contributed by atoms with van der Waals surface area (Å²) >= 11 is 1.65. The van der Waals surface area contributed by atoms with Crippen molar-refractivity contribution >= 4 is 33.4 Å². The van der Waals surface area contributed by atoms with E-state index in [4.69, 9.17) is 0 Å². The van der Waals surface area contributed by atoms with Crippen LogP contribution in [0.3, 0.4) is 0 Å². The normalized spacial score (nSPS) is 17.2. The third kappa shape index (κ3) is 4.02. The van der Waals surface area contributed by atoms with E-state index in [-0.39, 0.29) is 22.6 Å². The summed E-state index contributed by atoms with van der Waals surface area (Å²) in [6.07, 6.45) is 3.25. The average Bonchev–Trinajstić information content (AvgIpc) is 2.59. The number of aromatic nitrogens is 1. The fourth-order valence-corrected chi connectivity index (χ4v) is 4.78. The van der Waals surface area contributed by atoms with Crippen LogP contribution in [0.25, 0.3) is 0 Å². The van der Waals surface area contributed by atoms with Gasteiger partial charge in [0.2, 0.25) is 15.9 Å². The number of hydrogen-bond acceptors (Lipinski definition) is 5. The Bertz CT molecular complexity index is 885. The first-order valence-corrected chi connectivity index (χ1v) is 10.2. The lowest BCUT2D eigenvalue weighted by molar-refractivity contribution is -0.116. The molecule has 6 nitrogen and oxygen atoms in total. The highest BCUT2D eigenvalue weighted by atomic mass is 32.2. The van der Waals surface area contributed by atoms with Gasteiger partial charge in [0.25, 0.3) is 0 Å². The van der Waals surface area contributed by atoms with Gasteiger partial charge in [0.1, 0.15) is 0 Å². The number of benzene rings is 1. The van der Waals surface area contributed by atoms with Crippen LogP contribution in [-0.2, 0) is 21.4 Å². The molecule has 1 unspecified atom stereocenters. The van der Waals surface area contributed by atoms with Crippen LogP contribution in [0.1, 0.15) is 19.4 Å². The van der Waals surface area contributed by atoms with E-state index in [2.05, 4.69) is 9.71 Å². The molecule has 0 fully saturated rings. The molecule has 1 aliphatic heterocycles. The average molecular weight is 377 g/mol. The third-order valence-corrected chi connectivity index (χ3v) is 6.42. The third-order valence-electron chi connectivity index (χ3n) is 3.87. The molecule has 3 rings (SSSR count). The predicted molar refractivity (Wildman–Crippen MR) is 98.1 cm³/mol. The highest BCUT2D eigenvalue weighted by Gasteiger charge is 2.27. The van der Waals surface area contributed by atoms with Gasteiger partial charge in [-0.15, -0.1) is 11.8 Å². The van der Waals surface area contributed by atoms with E-state index in [1.807, 2.05) is 6.92 Å². The number of amides is 1. The Morgan fingerprint density at radius 3 is 2.88 bits per heavy atom. The minimum Gasteiger partial charge on any atom is -0.310 e. The number of hydrogen-bond donors (Lipinski definition) is 1. The number of nitrogens with one attached hydrogen (secondary N) is 1. The summed E-state index contributed by atoms with van der Waals surface area (Å²) in [6.45, 7) is 4.27. The molecule has 1 aromatic heterocycles. The summed E-state index contributed by atoms with van der Waals surface area (Å²) in [5, 5.41) is 0.266. The van der Waals surface area contributed by atoms with Gasteiger partial charge in [-0.2, -0.15) is 0 Å². The van der Waals surface area contributed by atoms with Crippen LogP contribution in [0.4, 0.5) is 5.69 Å². The maximum Gasteiger partial charge on any atom is 0.240 e. The van der Waals surface area contributed by atoms with E-state index < -0.39 is 10.0 Å². The highest BCUT2D eigenvalue weighted by Crippen LogP contribution is 2.39. The molecular weight excluding hydrogens is 358 g/mol. The Kier molecular flexibility index (Phi) is 5.12. The largest absolute Gasteiger partial charge is 0.310 e. The lowest BCUT2D eigenvalue weighted by Crippen LogP contribution is -2.37. The van der Waals surface area contributed by atoms with E-state index in [1.54, 1.807) is 59.4 Å². The monoisotopic (exact) mass is 377 g/mol. The number of rotatable bonds is 4. The second-order valence-corrected chi connectivity index (χ2v) is 9.12. The van der Waals surface area contributed by atoms with Crippen LogP contribution in [-0.4, -0.2) is 31.1 Å². The molecule has 25 heavy (non-hydrogen) atoms. The van der Waals surface area contributed by atoms with Gasteiger partial charge in [0.15, 0.2) is 0 Å². The molecule has 0 aliphatic carbocycles. The quantitative estimate of drug-likeness (QED) is 0.885. The van der Waals surface area contributed by atoms with Crippen molar-refractivity contribution in [3.63, 3.8) is 0 Å². The smallest absolute Gasteiger partial charge is 0.240 e. The standard InChI is InChI=1S/C17H19N3O3S2/c1-12-11-20(13(2)21)16-8-15(5-6-17(16)24-12)25(22,23)19-10-14-4-3-7-18-9-14/h3-9,12,19H,10-11H2,1-2H3. The molecule has 1 N–H and O–H groups in total. The first-order chi connectivity index (χ1) is 11.9. The number of pyridine rings is 1. The zero-order chi connectivity index (χ0) is 18.0. The number of carbonyl (C=O) groups is 1. The van der Waals surface area contributed by atoms with E-state index in [0.29, 0.717) is 12.2 Å². The van der Waals surface area contributed by atoms with E-state index in [0.717, 1.165) is 10.5 Å². The van der Waals surface area contributed by atoms with Crippen molar-refractivity contribution in [2.24, 2.45) is 0 Å². The van der Waals surface area contributed by atoms with E-state index in [1.165, 1.54) is 6.92 Å². The second kappa shape index (κ2) is 7.15. The number of sulfonamides is 1. The van der Waals surface area contributed by atoms with E-state index >= 15 is 0 Å². The van der Waals surface area contributed by atoms with Crippen molar-refractivity contribution in [1.82, 2.24) is 9.71 Å². The van der Waals surface area contributed by atoms with Crippen LogP contribution < -0.4 is 9.62 Å². The molecule has 1 amide bonds. The maximum atomic E-state index is 12.6. The van der Waals surface area contributed by atoms with Crippen LogP contribution in [0.2, 0.25) is 0 Å². The fourth-order valence-electron chi connectivity index (χ4n) is 2.65. The summed E-state index contributed by atoms with van der Waals surface area (Å²) < 4.78 is 27.8. The maximum absolute atomic E-state index is 12.6. The summed E-state index contributed by atoms with van der Waals surface area (Å²) in [7, 11) is -3.68. The summed E-state index contributed by atoms with van der Waals surface area (Å²) in [4.78, 5) is 18.6. The molecule has 0 bridgehead atoms. The molecule has 0 saturated carbocycles. The van der Waals surface area contributed by atoms with E-state index in [9.17, 15) is 13.2 Å². The van der Waals surface area contributed by atoms with Gasteiger partial charge in [-0.1, -0.05) is 13.0 Å². The Hall–Kier alpha value is -1.90. The Morgan fingerprint density at radius 2 is 2.20 bits per heavy atom. The Balaban J connectivity index is 1.87. The second-order valence-electron chi connectivity index (χ2n) is 5.87. The van der Waals surface area contributed by atoms with Gasteiger partial charge in [-0.25, -0.2) is 13.1 Å². The lowest BCUT2D eigenvalue weighted by Gasteiger charge is -2.32. The molecule has 1 aliphatic rings. The lowest BCUT2D eigenvalue weighted by atomic mass is 10.2. The van der Waals surface area contributed by atoms with Crippen LogP contribution >= 0.6 is 11.8 Å². The van der Waals surface area contributed by atoms with Gasteiger partial charge in [0.05, 0.1) is 10.6 Å². The van der Waals surface area contributed by atoms with Crippen LogP contribution in [0.15, 0.2) is 52.5 Å². The molecule has 8 heteroatoms. The van der Waals surface area contributed by atoms with Gasteiger partial charge in [-0.05, 0) is 29.8 Å². The summed E-state index contributed by atoms with van der Waals surface area (Å²) in [5.41, 5.74) is 1.43. The minimum absolute atomic E-state index is 0.0914. The van der Waals surface area contributed by atoms with Crippen molar-refractivity contribution in [1.29, 1.82) is 0 Å². The Labute approximate surface area is 151 Å². The predicted octanol–water partition coefficient (Wildman–Crippen LogP) is 2.41. The van der Waals surface area contributed by atoms with Crippen LogP contribution in [0, 0.1) is 0 Å². The number of thioether (sulfide) groups is 1. The number of anilines is 1. The molecular formula is C17H19N3O3S2. The molecule has 2 heterocycles. The SMILES string of the molecule is CC(=O)N1CC(C)Sc2ccc(S(=O)(=O)NCc3cccnc3)cc21. The number of fused-ring (bicyclic) bond motifs is 1. The van der Waals surface area contributed by atoms with Gasteiger partial charge >= 0.3 is 0 Å².